The summed E-state index contributed by atoms with van der Waals surface area (Å²) in [5.41, 5.74) is 9.76. The molecule has 0 bridgehead atoms. The van der Waals surface area contributed by atoms with Gasteiger partial charge in [-0.3, -0.25) is 4.79 Å². The molecule has 1 saturated heterocycles. The van der Waals surface area contributed by atoms with Crippen LogP contribution in [0.3, 0.4) is 0 Å². The molecule has 0 radical (unpaired) electrons. The van der Waals surface area contributed by atoms with E-state index in [2.05, 4.69) is 6.07 Å². The average Bonchev–Trinajstić information content (AvgIpc) is 3.08. The number of nitrogen functional groups attached to an aromatic ring is 1. The third-order valence-corrected chi connectivity index (χ3v) is 5.34. The second-order valence-electron chi connectivity index (χ2n) is 6.64. The van der Waals surface area contributed by atoms with Crippen LogP contribution < -0.4 is 5.73 Å². The zero-order chi connectivity index (χ0) is 15.3. The molecule has 2 fully saturated rings. The van der Waals surface area contributed by atoms with Gasteiger partial charge in [0.1, 0.15) is 0 Å². The lowest BCUT2D eigenvalue weighted by molar-refractivity contribution is -0.178. The Morgan fingerprint density at radius 2 is 1.91 bits per heavy atom. The Labute approximate surface area is 130 Å². The molecule has 1 aromatic rings. The highest BCUT2D eigenvalue weighted by atomic mass is 16.7. The largest absolute Gasteiger partial charge is 0.398 e. The first-order valence-corrected chi connectivity index (χ1v) is 8.04. The summed E-state index contributed by atoms with van der Waals surface area (Å²) in [6.07, 6.45) is 3.93. The van der Waals surface area contributed by atoms with Gasteiger partial charge in [-0.1, -0.05) is 6.07 Å². The lowest BCUT2D eigenvalue weighted by atomic mass is 9.78. The highest BCUT2D eigenvalue weighted by Crippen LogP contribution is 2.45. The zero-order valence-corrected chi connectivity index (χ0v) is 12.9. The summed E-state index contributed by atoms with van der Waals surface area (Å²) in [6.45, 7) is 2.09. The minimum absolute atomic E-state index is 0.0455. The Bertz CT molecular complexity index is 613. The van der Waals surface area contributed by atoms with Crippen molar-refractivity contribution in [1.29, 1.82) is 0 Å². The molecule has 2 N–H and O–H groups in total. The molecular weight excluding hydrogens is 280 g/mol. The summed E-state index contributed by atoms with van der Waals surface area (Å²) in [6, 6.07) is 4.00. The third kappa shape index (κ3) is 2.03. The molecule has 1 aliphatic carbocycles. The molecule has 0 unspecified atom stereocenters. The fraction of sp³-hybridized carbons (Fsp3) is 0.588. The fourth-order valence-corrected chi connectivity index (χ4v) is 4.14. The fourth-order valence-electron chi connectivity index (χ4n) is 4.14. The highest BCUT2D eigenvalue weighted by Gasteiger charge is 2.41. The van der Waals surface area contributed by atoms with E-state index in [1.807, 2.05) is 13.1 Å². The number of amides is 1. The first kappa shape index (κ1) is 14.0. The average molecular weight is 302 g/mol. The number of carbonyl (C=O) groups excluding carboxylic acids is 1. The first-order valence-electron chi connectivity index (χ1n) is 8.04. The van der Waals surface area contributed by atoms with Gasteiger partial charge in [0.25, 0.3) is 5.91 Å². The second kappa shape index (κ2) is 4.96. The van der Waals surface area contributed by atoms with E-state index < -0.39 is 0 Å². The molecule has 3 aliphatic rings. The lowest BCUT2D eigenvalue weighted by Gasteiger charge is -2.36. The molecule has 1 spiro atoms. The van der Waals surface area contributed by atoms with Crippen molar-refractivity contribution in [3.05, 3.63) is 28.8 Å². The van der Waals surface area contributed by atoms with E-state index in [1.165, 1.54) is 5.56 Å². The quantitative estimate of drug-likeness (QED) is 0.808. The Balaban J connectivity index is 1.61. The molecule has 0 aromatic heterocycles. The molecule has 2 heterocycles. The van der Waals surface area contributed by atoms with Crippen LogP contribution in [0.1, 0.15) is 53.1 Å². The molecule has 5 heteroatoms. The number of hydrogen-bond acceptors (Lipinski definition) is 4. The van der Waals surface area contributed by atoms with E-state index in [1.54, 1.807) is 4.90 Å². The van der Waals surface area contributed by atoms with Crippen molar-refractivity contribution in [2.75, 3.05) is 26.0 Å². The van der Waals surface area contributed by atoms with E-state index in [0.29, 0.717) is 36.9 Å². The van der Waals surface area contributed by atoms with Crippen LogP contribution in [0, 0.1) is 0 Å². The summed E-state index contributed by atoms with van der Waals surface area (Å²) >= 11 is 0. The highest BCUT2D eigenvalue weighted by molar-refractivity contribution is 6.03. The van der Waals surface area contributed by atoms with E-state index in [0.717, 1.165) is 31.2 Å². The topological polar surface area (TPSA) is 64.8 Å². The van der Waals surface area contributed by atoms with Crippen molar-refractivity contribution in [2.24, 2.45) is 0 Å². The van der Waals surface area contributed by atoms with Crippen molar-refractivity contribution in [2.45, 2.75) is 43.9 Å². The van der Waals surface area contributed by atoms with Crippen molar-refractivity contribution < 1.29 is 14.3 Å². The predicted octanol–water partition coefficient (Wildman–Crippen LogP) is 2.26. The van der Waals surface area contributed by atoms with Gasteiger partial charge in [0, 0.05) is 32.1 Å². The summed E-state index contributed by atoms with van der Waals surface area (Å²) in [4.78, 5) is 14.0. The minimum Gasteiger partial charge on any atom is -0.398 e. The molecule has 4 rings (SSSR count). The van der Waals surface area contributed by atoms with Gasteiger partial charge in [-0.2, -0.15) is 0 Å². The van der Waals surface area contributed by atoms with Gasteiger partial charge in [-0.15, -0.1) is 0 Å². The second-order valence-corrected chi connectivity index (χ2v) is 6.64. The van der Waals surface area contributed by atoms with E-state index in [-0.39, 0.29) is 11.7 Å². The summed E-state index contributed by atoms with van der Waals surface area (Å²) in [5.74, 6) is 0.177. The Morgan fingerprint density at radius 3 is 2.59 bits per heavy atom. The van der Waals surface area contributed by atoms with Crippen molar-refractivity contribution >= 4 is 11.6 Å². The van der Waals surface area contributed by atoms with Gasteiger partial charge < -0.3 is 20.1 Å². The SMILES string of the molecule is CN1Cc2c(C3CCC4(CC3)OCCO4)ccc(N)c2C1=O. The molecule has 0 atom stereocenters. The minimum atomic E-state index is -0.333. The number of benzene rings is 1. The number of rotatable bonds is 1. The van der Waals surface area contributed by atoms with Crippen LogP contribution in [0.5, 0.6) is 0 Å². The molecule has 118 valence electrons. The van der Waals surface area contributed by atoms with Crippen molar-refractivity contribution in [3.8, 4) is 0 Å². The number of nitrogens with zero attached hydrogens (tertiary/aromatic N) is 1. The van der Waals surface area contributed by atoms with Gasteiger partial charge in [-0.05, 0) is 36.0 Å². The summed E-state index contributed by atoms with van der Waals surface area (Å²) < 4.78 is 11.6. The van der Waals surface area contributed by atoms with Crippen LogP contribution in [0.25, 0.3) is 0 Å². The smallest absolute Gasteiger partial charge is 0.256 e. The van der Waals surface area contributed by atoms with Crippen LogP contribution in [0.15, 0.2) is 12.1 Å². The number of ether oxygens (including phenoxy) is 2. The zero-order valence-electron chi connectivity index (χ0n) is 12.9. The Morgan fingerprint density at radius 1 is 1.23 bits per heavy atom. The van der Waals surface area contributed by atoms with Crippen molar-refractivity contribution in [1.82, 2.24) is 4.90 Å². The van der Waals surface area contributed by atoms with Gasteiger partial charge in [-0.25, -0.2) is 0 Å². The van der Waals surface area contributed by atoms with E-state index >= 15 is 0 Å². The molecule has 1 aromatic carbocycles. The van der Waals surface area contributed by atoms with Gasteiger partial charge in [0.15, 0.2) is 5.79 Å². The lowest BCUT2D eigenvalue weighted by Crippen LogP contribution is -2.34. The molecular formula is C17H22N2O3. The number of carbonyl (C=O) groups is 1. The number of fused-ring (bicyclic) bond motifs is 1. The van der Waals surface area contributed by atoms with Gasteiger partial charge in [0.05, 0.1) is 18.8 Å². The van der Waals surface area contributed by atoms with E-state index in [9.17, 15) is 4.79 Å². The molecule has 1 amide bonds. The number of anilines is 1. The summed E-state index contributed by atoms with van der Waals surface area (Å²) in [5, 5.41) is 0. The molecule has 1 saturated carbocycles. The molecule has 2 aliphatic heterocycles. The van der Waals surface area contributed by atoms with Crippen molar-refractivity contribution in [3.63, 3.8) is 0 Å². The van der Waals surface area contributed by atoms with Gasteiger partial charge in [0.2, 0.25) is 0 Å². The summed E-state index contributed by atoms with van der Waals surface area (Å²) in [7, 11) is 1.83. The van der Waals surface area contributed by atoms with Crippen LogP contribution in [0.2, 0.25) is 0 Å². The van der Waals surface area contributed by atoms with Crippen LogP contribution in [-0.4, -0.2) is 36.9 Å². The Kier molecular flexibility index (Phi) is 3.16. The maximum Gasteiger partial charge on any atom is 0.256 e. The Hall–Kier alpha value is -1.59. The number of nitrogens with two attached hydrogens (primary N) is 1. The van der Waals surface area contributed by atoms with Crippen LogP contribution in [-0.2, 0) is 16.0 Å². The van der Waals surface area contributed by atoms with Crippen LogP contribution in [0.4, 0.5) is 5.69 Å². The van der Waals surface area contributed by atoms with Crippen LogP contribution >= 0.6 is 0 Å². The maximum absolute atomic E-state index is 12.3. The van der Waals surface area contributed by atoms with E-state index in [4.69, 9.17) is 15.2 Å². The van der Waals surface area contributed by atoms with Gasteiger partial charge >= 0.3 is 0 Å². The molecule has 22 heavy (non-hydrogen) atoms. The normalized spacial score (nSPS) is 24.2. The molecule has 5 nitrogen and oxygen atoms in total. The predicted molar refractivity (Wildman–Crippen MR) is 82.5 cm³/mol. The standard InChI is InChI=1S/C17H22N2O3/c1-19-10-13-12(2-3-14(18)15(13)16(19)20)11-4-6-17(7-5-11)21-8-9-22-17/h2-3,11H,4-10,18H2,1H3. The third-order valence-electron chi connectivity index (χ3n) is 5.34. The maximum atomic E-state index is 12.3. The monoisotopic (exact) mass is 302 g/mol. The number of hydrogen-bond donors (Lipinski definition) is 1. The first-order chi connectivity index (χ1) is 10.6.